The van der Waals surface area contributed by atoms with Gasteiger partial charge >= 0.3 is 0 Å². The molecule has 1 N–H and O–H groups in total. The van der Waals surface area contributed by atoms with E-state index in [1.165, 1.54) is 6.42 Å². The highest BCUT2D eigenvalue weighted by molar-refractivity contribution is 7.81. The molecule has 1 unspecified atom stereocenters. The van der Waals surface area contributed by atoms with Crippen LogP contribution in [0.4, 0.5) is 5.69 Å². The summed E-state index contributed by atoms with van der Waals surface area (Å²) in [5, 5.41) is 3.40. The summed E-state index contributed by atoms with van der Waals surface area (Å²) in [6, 6.07) is 20.3. The third kappa shape index (κ3) is 5.39. The number of anilines is 1. The van der Waals surface area contributed by atoms with Crippen molar-refractivity contribution in [1.82, 2.24) is 0 Å². The summed E-state index contributed by atoms with van der Waals surface area (Å²) in [7, 11) is 0. The Balaban J connectivity index is 0.000000550. The van der Waals surface area contributed by atoms with Crippen LogP contribution in [0.15, 0.2) is 60.7 Å². The van der Waals surface area contributed by atoms with Gasteiger partial charge in [-0.2, -0.15) is 0 Å². The minimum Gasteiger partial charge on any atom is -0.367 e. The first-order valence-electron chi connectivity index (χ1n) is 6.71. The Kier molecular flexibility index (Phi) is 6.51. The SMILES string of the molecule is CC(S)(Nc1ccccc1)c1ccccc1.CCC. The highest BCUT2D eigenvalue weighted by Gasteiger charge is 2.20. The predicted octanol–water partition coefficient (Wildman–Crippen LogP) is 5.32. The second-order valence-corrected chi connectivity index (χ2v) is 5.53. The summed E-state index contributed by atoms with van der Waals surface area (Å²) >= 11 is 4.68. The predicted molar refractivity (Wildman–Crippen MR) is 88.8 cm³/mol. The van der Waals surface area contributed by atoms with Crippen molar-refractivity contribution in [3.63, 3.8) is 0 Å². The number of hydrogen-bond donors (Lipinski definition) is 2. The molecule has 102 valence electrons. The van der Waals surface area contributed by atoms with Crippen molar-refractivity contribution in [3.05, 3.63) is 66.2 Å². The van der Waals surface area contributed by atoms with Crippen LogP contribution in [0, 0.1) is 0 Å². The van der Waals surface area contributed by atoms with Crippen LogP contribution >= 0.6 is 12.6 Å². The summed E-state index contributed by atoms with van der Waals surface area (Å²) in [6.07, 6.45) is 1.25. The van der Waals surface area contributed by atoms with E-state index in [0.717, 1.165) is 11.3 Å². The summed E-state index contributed by atoms with van der Waals surface area (Å²) in [5.74, 6) is 0. The lowest BCUT2D eigenvalue weighted by molar-refractivity contribution is 0.811. The Morgan fingerprint density at radius 2 is 1.32 bits per heavy atom. The van der Waals surface area contributed by atoms with Gasteiger partial charge in [0.25, 0.3) is 0 Å². The highest BCUT2D eigenvalue weighted by Crippen LogP contribution is 2.29. The Hall–Kier alpha value is -1.41. The van der Waals surface area contributed by atoms with Crippen LogP contribution in [0.1, 0.15) is 32.8 Å². The van der Waals surface area contributed by atoms with Crippen LogP contribution in [0.25, 0.3) is 0 Å². The zero-order valence-electron chi connectivity index (χ0n) is 11.9. The van der Waals surface area contributed by atoms with Crippen molar-refractivity contribution in [3.8, 4) is 0 Å². The van der Waals surface area contributed by atoms with Crippen molar-refractivity contribution in [2.75, 3.05) is 5.32 Å². The molecule has 0 amide bonds. The first kappa shape index (κ1) is 15.6. The van der Waals surface area contributed by atoms with Crippen molar-refractivity contribution < 1.29 is 0 Å². The smallest absolute Gasteiger partial charge is 0.103 e. The molecule has 0 aliphatic carbocycles. The molecule has 2 heteroatoms. The van der Waals surface area contributed by atoms with Gasteiger partial charge in [0, 0.05) is 5.69 Å². The van der Waals surface area contributed by atoms with Crippen LogP contribution in [-0.2, 0) is 4.87 Å². The molecular weight excluding hydrogens is 250 g/mol. The minimum absolute atomic E-state index is 0.359. The van der Waals surface area contributed by atoms with Crippen LogP contribution in [0.3, 0.4) is 0 Å². The molecular formula is C17H23NS. The molecule has 0 radical (unpaired) electrons. The molecule has 0 saturated carbocycles. The van der Waals surface area contributed by atoms with E-state index in [2.05, 4.69) is 50.8 Å². The lowest BCUT2D eigenvalue weighted by atomic mass is 10.1. The fourth-order valence-corrected chi connectivity index (χ4v) is 1.92. The van der Waals surface area contributed by atoms with Gasteiger partial charge in [0.05, 0.1) is 0 Å². The van der Waals surface area contributed by atoms with Crippen LogP contribution in [-0.4, -0.2) is 0 Å². The zero-order valence-corrected chi connectivity index (χ0v) is 12.8. The molecule has 0 aliphatic rings. The maximum atomic E-state index is 4.68. The van der Waals surface area contributed by atoms with Crippen LogP contribution < -0.4 is 5.32 Å². The molecule has 1 nitrogen and oxygen atoms in total. The number of thiol groups is 1. The van der Waals surface area contributed by atoms with Crippen LogP contribution in [0.2, 0.25) is 0 Å². The normalized spacial score (nSPS) is 12.8. The lowest BCUT2D eigenvalue weighted by Gasteiger charge is -2.27. The van der Waals surface area contributed by atoms with Gasteiger partial charge in [0.2, 0.25) is 0 Å². The second kappa shape index (κ2) is 7.90. The van der Waals surface area contributed by atoms with Gasteiger partial charge in [-0.25, -0.2) is 0 Å². The van der Waals surface area contributed by atoms with Crippen LogP contribution in [0.5, 0.6) is 0 Å². The molecule has 0 aromatic heterocycles. The Bertz CT molecular complexity index is 451. The first-order valence-corrected chi connectivity index (χ1v) is 7.16. The average Bonchev–Trinajstić information content (AvgIpc) is 2.41. The average molecular weight is 273 g/mol. The fourth-order valence-electron chi connectivity index (χ4n) is 1.64. The van der Waals surface area contributed by atoms with Gasteiger partial charge in [-0.05, 0) is 24.6 Å². The van der Waals surface area contributed by atoms with E-state index < -0.39 is 0 Å². The van der Waals surface area contributed by atoms with Gasteiger partial charge < -0.3 is 5.32 Å². The van der Waals surface area contributed by atoms with Crippen molar-refractivity contribution in [1.29, 1.82) is 0 Å². The van der Waals surface area contributed by atoms with E-state index in [-0.39, 0.29) is 4.87 Å². The summed E-state index contributed by atoms with van der Waals surface area (Å²) in [5.41, 5.74) is 2.23. The quantitative estimate of drug-likeness (QED) is 0.570. The molecule has 19 heavy (non-hydrogen) atoms. The Morgan fingerprint density at radius 3 is 1.79 bits per heavy atom. The van der Waals surface area contributed by atoms with Gasteiger partial charge in [-0.1, -0.05) is 68.8 Å². The van der Waals surface area contributed by atoms with Crippen molar-refractivity contribution in [2.24, 2.45) is 0 Å². The largest absolute Gasteiger partial charge is 0.367 e. The lowest BCUT2D eigenvalue weighted by Crippen LogP contribution is -2.24. The second-order valence-electron chi connectivity index (χ2n) is 4.64. The number of benzene rings is 2. The Morgan fingerprint density at radius 1 is 0.895 bits per heavy atom. The summed E-state index contributed by atoms with van der Waals surface area (Å²) < 4.78 is 0. The number of hydrogen-bond acceptors (Lipinski definition) is 2. The molecule has 0 bridgehead atoms. The molecule has 0 aliphatic heterocycles. The van der Waals surface area contributed by atoms with Gasteiger partial charge in [0.1, 0.15) is 4.87 Å². The third-order valence-electron chi connectivity index (χ3n) is 2.50. The minimum atomic E-state index is -0.359. The monoisotopic (exact) mass is 273 g/mol. The number of nitrogens with one attached hydrogen (secondary N) is 1. The maximum absolute atomic E-state index is 4.68. The molecule has 2 aromatic carbocycles. The van der Waals surface area contributed by atoms with E-state index in [1.54, 1.807) is 0 Å². The maximum Gasteiger partial charge on any atom is 0.103 e. The number of para-hydroxylation sites is 1. The summed E-state index contributed by atoms with van der Waals surface area (Å²) in [4.78, 5) is -0.359. The highest BCUT2D eigenvalue weighted by atomic mass is 32.1. The van der Waals surface area contributed by atoms with Crippen molar-refractivity contribution >= 4 is 18.3 Å². The Labute approximate surface area is 122 Å². The van der Waals surface area contributed by atoms with Gasteiger partial charge in [-0.15, -0.1) is 12.6 Å². The van der Waals surface area contributed by atoms with Gasteiger partial charge in [-0.3, -0.25) is 0 Å². The summed E-state index contributed by atoms with van der Waals surface area (Å²) in [6.45, 7) is 6.30. The van der Waals surface area contributed by atoms with Gasteiger partial charge in [0.15, 0.2) is 0 Å². The molecule has 0 heterocycles. The number of rotatable bonds is 3. The van der Waals surface area contributed by atoms with Crippen molar-refractivity contribution in [2.45, 2.75) is 32.1 Å². The van der Waals surface area contributed by atoms with E-state index in [9.17, 15) is 0 Å². The van der Waals surface area contributed by atoms with E-state index in [1.807, 2.05) is 48.5 Å². The molecule has 2 aromatic rings. The van der Waals surface area contributed by atoms with E-state index in [4.69, 9.17) is 0 Å². The molecule has 1 atom stereocenters. The molecule has 0 spiro atoms. The molecule has 0 saturated heterocycles. The standard InChI is InChI=1S/C14H15NS.C3H8/c1-14(16,12-8-4-2-5-9-12)15-13-10-6-3-7-11-13;1-3-2/h2-11,15-16H,1H3;3H2,1-2H3. The first-order chi connectivity index (χ1) is 9.10. The zero-order chi connectivity index (χ0) is 14.1. The van der Waals surface area contributed by atoms with E-state index >= 15 is 0 Å². The molecule has 0 fully saturated rings. The fraction of sp³-hybridized carbons (Fsp3) is 0.294. The topological polar surface area (TPSA) is 12.0 Å². The molecule has 2 rings (SSSR count). The van der Waals surface area contributed by atoms with E-state index in [0.29, 0.717) is 0 Å². The third-order valence-corrected chi connectivity index (χ3v) is 2.87.